The highest BCUT2D eigenvalue weighted by Crippen LogP contribution is 2.20. The zero-order valence-corrected chi connectivity index (χ0v) is 9.18. The zero-order chi connectivity index (χ0) is 9.68. The Bertz CT molecular complexity index is 134. The molecular weight excluding hydrogens is 162 g/mol. The van der Waals surface area contributed by atoms with Gasteiger partial charge in [0.25, 0.3) is 0 Å². The van der Waals surface area contributed by atoms with Gasteiger partial charge in [-0.25, -0.2) is 0 Å². The zero-order valence-electron chi connectivity index (χ0n) is 9.18. The van der Waals surface area contributed by atoms with Crippen molar-refractivity contribution in [3.05, 3.63) is 0 Å². The maximum Gasteiger partial charge on any atom is 0.0506 e. The van der Waals surface area contributed by atoms with E-state index in [1.807, 2.05) is 0 Å². The fourth-order valence-electron chi connectivity index (χ4n) is 1.34. The van der Waals surface area contributed by atoms with Crippen LogP contribution >= 0.6 is 0 Å². The summed E-state index contributed by atoms with van der Waals surface area (Å²) in [5.41, 5.74) is 0. The van der Waals surface area contributed by atoms with E-state index >= 15 is 0 Å². The topological polar surface area (TPSA) is 21.3 Å². The van der Waals surface area contributed by atoms with E-state index < -0.39 is 0 Å². The third kappa shape index (κ3) is 4.63. The maximum absolute atomic E-state index is 5.53. The van der Waals surface area contributed by atoms with Gasteiger partial charge in [-0.05, 0) is 32.1 Å². The fourth-order valence-corrected chi connectivity index (χ4v) is 1.34. The highest BCUT2D eigenvalue weighted by Gasteiger charge is 2.24. The smallest absolute Gasteiger partial charge is 0.0506 e. The van der Waals surface area contributed by atoms with Gasteiger partial charge in [0.2, 0.25) is 0 Å². The minimum atomic E-state index is 0.601. The van der Waals surface area contributed by atoms with E-state index in [4.69, 9.17) is 4.74 Å². The Morgan fingerprint density at radius 3 is 2.62 bits per heavy atom. The first-order valence-corrected chi connectivity index (χ1v) is 5.57. The minimum absolute atomic E-state index is 0.601. The SMILES string of the molecule is CCCOCC(C)C(C)NC1CC1. The minimum Gasteiger partial charge on any atom is -0.381 e. The summed E-state index contributed by atoms with van der Waals surface area (Å²) in [5, 5.41) is 3.60. The van der Waals surface area contributed by atoms with Crippen LogP contribution < -0.4 is 5.32 Å². The summed E-state index contributed by atoms with van der Waals surface area (Å²) in [6.07, 6.45) is 3.86. The molecule has 13 heavy (non-hydrogen) atoms. The molecule has 0 aliphatic heterocycles. The summed E-state index contributed by atoms with van der Waals surface area (Å²) >= 11 is 0. The van der Waals surface area contributed by atoms with E-state index in [2.05, 4.69) is 26.1 Å². The van der Waals surface area contributed by atoms with Crippen LogP contribution in [-0.2, 0) is 4.74 Å². The molecule has 0 heterocycles. The lowest BCUT2D eigenvalue weighted by Gasteiger charge is -2.21. The Morgan fingerprint density at radius 2 is 2.08 bits per heavy atom. The van der Waals surface area contributed by atoms with E-state index in [9.17, 15) is 0 Å². The van der Waals surface area contributed by atoms with Crippen molar-refractivity contribution in [3.8, 4) is 0 Å². The molecule has 1 aliphatic carbocycles. The molecule has 0 saturated heterocycles. The number of hydrogen-bond acceptors (Lipinski definition) is 2. The number of hydrogen-bond donors (Lipinski definition) is 1. The molecule has 2 heteroatoms. The average Bonchev–Trinajstić information content (AvgIpc) is 2.88. The van der Waals surface area contributed by atoms with Crippen LogP contribution in [0.2, 0.25) is 0 Å². The first-order chi connectivity index (χ1) is 6.24. The molecule has 1 aliphatic rings. The van der Waals surface area contributed by atoms with Gasteiger partial charge < -0.3 is 10.1 Å². The molecule has 0 radical (unpaired) electrons. The largest absolute Gasteiger partial charge is 0.381 e. The van der Waals surface area contributed by atoms with Crippen LogP contribution in [0.15, 0.2) is 0 Å². The second-order valence-electron chi connectivity index (χ2n) is 4.28. The van der Waals surface area contributed by atoms with Crippen molar-refractivity contribution in [1.29, 1.82) is 0 Å². The Balaban J connectivity index is 2.02. The molecule has 2 nitrogen and oxygen atoms in total. The van der Waals surface area contributed by atoms with E-state index in [-0.39, 0.29) is 0 Å². The second-order valence-corrected chi connectivity index (χ2v) is 4.28. The average molecular weight is 185 g/mol. The summed E-state index contributed by atoms with van der Waals surface area (Å²) in [5.74, 6) is 0.632. The standard InChI is InChI=1S/C11H23NO/c1-4-7-13-8-9(2)10(3)12-11-5-6-11/h9-12H,4-8H2,1-3H3. The van der Waals surface area contributed by atoms with Crippen LogP contribution in [-0.4, -0.2) is 25.3 Å². The Morgan fingerprint density at radius 1 is 1.38 bits per heavy atom. The van der Waals surface area contributed by atoms with Gasteiger partial charge in [0.15, 0.2) is 0 Å². The van der Waals surface area contributed by atoms with Crippen molar-refractivity contribution in [3.63, 3.8) is 0 Å². The summed E-state index contributed by atoms with van der Waals surface area (Å²) < 4.78 is 5.53. The summed E-state index contributed by atoms with van der Waals surface area (Å²) in [7, 11) is 0. The van der Waals surface area contributed by atoms with Gasteiger partial charge in [0, 0.05) is 18.7 Å². The number of nitrogens with one attached hydrogen (secondary N) is 1. The third-order valence-corrected chi connectivity index (χ3v) is 2.66. The molecule has 1 saturated carbocycles. The number of ether oxygens (including phenoxy) is 1. The molecule has 1 rings (SSSR count). The molecule has 2 unspecified atom stereocenters. The van der Waals surface area contributed by atoms with Gasteiger partial charge in [-0.1, -0.05) is 13.8 Å². The molecule has 0 aromatic carbocycles. The lowest BCUT2D eigenvalue weighted by molar-refractivity contribution is 0.0936. The van der Waals surface area contributed by atoms with Crippen molar-refractivity contribution in [1.82, 2.24) is 5.32 Å². The Kier molecular flexibility index (Phi) is 4.74. The van der Waals surface area contributed by atoms with Crippen molar-refractivity contribution >= 4 is 0 Å². The molecule has 2 atom stereocenters. The first kappa shape index (κ1) is 11.0. The molecule has 0 spiro atoms. The molecule has 1 N–H and O–H groups in total. The van der Waals surface area contributed by atoms with Gasteiger partial charge in [-0.15, -0.1) is 0 Å². The van der Waals surface area contributed by atoms with Crippen molar-refractivity contribution in [2.45, 2.75) is 52.1 Å². The van der Waals surface area contributed by atoms with Gasteiger partial charge in [-0.3, -0.25) is 0 Å². The van der Waals surface area contributed by atoms with Crippen molar-refractivity contribution in [2.75, 3.05) is 13.2 Å². The predicted molar refractivity (Wildman–Crippen MR) is 55.9 cm³/mol. The van der Waals surface area contributed by atoms with Gasteiger partial charge in [0.05, 0.1) is 6.61 Å². The van der Waals surface area contributed by atoms with Crippen molar-refractivity contribution in [2.24, 2.45) is 5.92 Å². The maximum atomic E-state index is 5.53. The molecule has 78 valence electrons. The molecular formula is C11H23NO. The second kappa shape index (κ2) is 5.61. The molecule has 0 bridgehead atoms. The van der Waals surface area contributed by atoms with E-state index in [0.717, 1.165) is 25.7 Å². The van der Waals surface area contributed by atoms with Gasteiger partial charge in [0.1, 0.15) is 0 Å². The molecule has 0 amide bonds. The van der Waals surface area contributed by atoms with Crippen LogP contribution in [0.25, 0.3) is 0 Å². The van der Waals surface area contributed by atoms with Crippen LogP contribution in [0.4, 0.5) is 0 Å². The highest BCUT2D eigenvalue weighted by molar-refractivity contribution is 4.84. The Hall–Kier alpha value is -0.0800. The molecule has 0 aromatic rings. The summed E-state index contributed by atoms with van der Waals surface area (Å²) in [6.45, 7) is 8.47. The highest BCUT2D eigenvalue weighted by atomic mass is 16.5. The Labute approximate surface area is 82.0 Å². The first-order valence-electron chi connectivity index (χ1n) is 5.57. The van der Waals surface area contributed by atoms with Crippen LogP contribution in [0, 0.1) is 5.92 Å². The lowest BCUT2D eigenvalue weighted by atomic mass is 10.1. The van der Waals surface area contributed by atoms with Crippen LogP contribution in [0.3, 0.4) is 0 Å². The van der Waals surface area contributed by atoms with Crippen LogP contribution in [0.1, 0.15) is 40.0 Å². The molecule has 0 aromatic heterocycles. The monoisotopic (exact) mass is 185 g/mol. The normalized spacial score (nSPS) is 21.5. The van der Waals surface area contributed by atoms with Crippen molar-refractivity contribution < 1.29 is 4.74 Å². The van der Waals surface area contributed by atoms with Crippen LogP contribution in [0.5, 0.6) is 0 Å². The third-order valence-electron chi connectivity index (χ3n) is 2.66. The van der Waals surface area contributed by atoms with Gasteiger partial charge >= 0.3 is 0 Å². The lowest BCUT2D eigenvalue weighted by Crippen LogP contribution is -2.35. The van der Waals surface area contributed by atoms with E-state index in [1.165, 1.54) is 12.8 Å². The fraction of sp³-hybridized carbons (Fsp3) is 1.00. The quantitative estimate of drug-likeness (QED) is 0.614. The van der Waals surface area contributed by atoms with E-state index in [1.54, 1.807) is 0 Å². The predicted octanol–water partition coefficient (Wildman–Crippen LogP) is 2.19. The van der Waals surface area contributed by atoms with E-state index in [0.29, 0.717) is 12.0 Å². The van der Waals surface area contributed by atoms with Gasteiger partial charge in [-0.2, -0.15) is 0 Å². The summed E-state index contributed by atoms with van der Waals surface area (Å²) in [6, 6.07) is 1.41. The number of rotatable bonds is 7. The molecule has 1 fully saturated rings. The summed E-state index contributed by atoms with van der Waals surface area (Å²) in [4.78, 5) is 0.